The Morgan fingerprint density at radius 1 is 0.976 bits per heavy atom. The summed E-state index contributed by atoms with van der Waals surface area (Å²) in [5.74, 6) is 2.96. The smallest absolute Gasteiger partial charge is 0.161 e. The molecule has 7 heteroatoms. The fraction of sp³-hybridized carbons (Fsp3) is 0.800. The summed E-state index contributed by atoms with van der Waals surface area (Å²) in [7, 11) is 5.13. The van der Waals surface area contributed by atoms with E-state index in [1.54, 1.807) is 21.3 Å². The average molecular weight is 590 g/mol. The van der Waals surface area contributed by atoms with Crippen molar-refractivity contribution < 1.29 is 28.8 Å². The molecule has 0 bridgehead atoms. The van der Waals surface area contributed by atoms with Crippen LogP contribution in [0.25, 0.3) is 0 Å². The molecule has 0 aromatic heterocycles. The average Bonchev–Trinajstić information content (AvgIpc) is 3.79. The van der Waals surface area contributed by atoms with Crippen LogP contribution < -0.4 is 15.2 Å². The van der Waals surface area contributed by atoms with Gasteiger partial charge in [-0.2, -0.15) is 0 Å². The van der Waals surface area contributed by atoms with Crippen LogP contribution in [-0.2, 0) is 20.7 Å². The Kier molecular flexibility index (Phi) is 13.6. The van der Waals surface area contributed by atoms with Crippen molar-refractivity contribution in [3.8, 4) is 11.5 Å². The first-order valence-corrected chi connectivity index (χ1v) is 16.4. The Bertz CT molecular complexity index is 953. The molecule has 0 aliphatic heterocycles. The largest absolute Gasteiger partial charge is 0.493 e. The molecule has 1 aromatic carbocycles. The van der Waals surface area contributed by atoms with Crippen molar-refractivity contribution in [1.29, 1.82) is 0 Å². The van der Waals surface area contributed by atoms with Crippen LogP contribution in [0, 0.1) is 35.0 Å². The van der Waals surface area contributed by atoms with Crippen LogP contribution in [0.4, 0.5) is 0 Å². The Morgan fingerprint density at radius 2 is 1.67 bits per heavy atom. The van der Waals surface area contributed by atoms with E-state index in [0.717, 1.165) is 62.7 Å². The third-order valence-electron chi connectivity index (χ3n) is 10.2. The van der Waals surface area contributed by atoms with Gasteiger partial charge in [-0.05, 0) is 99.2 Å². The first kappa shape index (κ1) is 34.8. The molecule has 2 aliphatic carbocycles. The van der Waals surface area contributed by atoms with Gasteiger partial charge in [0.15, 0.2) is 11.5 Å². The molecule has 3 N–H and O–H groups in total. The number of hydrogen-bond donors (Lipinski definition) is 2. The normalized spacial score (nSPS) is 22.9. The summed E-state index contributed by atoms with van der Waals surface area (Å²) in [4.78, 5) is 14.0. The lowest BCUT2D eigenvalue weighted by Gasteiger charge is -2.36. The molecule has 2 fully saturated rings. The topological polar surface area (TPSA) is 100 Å². The number of rotatable bonds is 19. The number of hydrogen-bond acceptors (Lipinski definition) is 7. The molecule has 0 amide bonds. The summed E-state index contributed by atoms with van der Waals surface area (Å²) < 4.78 is 22.2. The molecule has 0 spiro atoms. The summed E-state index contributed by atoms with van der Waals surface area (Å²) in [5.41, 5.74) is 7.67. The summed E-state index contributed by atoms with van der Waals surface area (Å²) in [6, 6.07) is 5.72. The Morgan fingerprint density at radius 3 is 2.21 bits per heavy atom. The van der Waals surface area contributed by atoms with Gasteiger partial charge >= 0.3 is 0 Å². The second-order valence-electron chi connectivity index (χ2n) is 13.7. The predicted molar refractivity (Wildman–Crippen MR) is 168 cm³/mol. The van der Waals surface area contributed by atoms with Crippen LogP contribution in [-0.4, -0.2) is 63.7 Å². The molecule has 240 valence electrons. The minimum absolute atomic E-state index is 0.161. The summed E-state index contributed by atoms with van der Waals surface area (Å²) in [5, 5.41) is 11.4. The van der Waals surface area contributed by atoms with Crippen LogP contribution in [0.2, 0.25) is 0 Å². The van der Waals surface area contributed by atoms with Gasteiger partial charge in [-0.3, -0.25) is 4.79 Å². The van der Waals surface area contributed by atoms with Gasteiger partial charge in [0.25, 0.3) is 0 Å². The van der Waals surface area contributed by atoms with Gasteiger partial charge < -0.3 is 29.8 Å². The number of ketones is 1. The van der Waals surface area contributed by atoms with Crippen molar-refractivity contribution in [2.75, 3.05) is 34.5 Å². The molecule has 0 heterocycles. The van der Waals surface area contributed by atoms with Crippen molar-refractivity contribution in [1.82, 2.24) is 0 Å². The number of Topliss-reactive ketones (excluding diaryl/α,β-unsaturated/α-hetero) is 1. The van der Waals surface area contributed by atoms with E-state index in [1.165, 1.54) is 0 Å². The van der Waals surface area contributed by atoms with Crippen LogP contribution in [0.1, 0.15) is 91.0 Å². The second kappa shape index (κ2) is 16.4. The van der Waals surface area contributed by atoms with Gasteiger partial charge in [0.2, 0.25) is 0 Å². The molecule has 1 aromatic rings. The monoisotopic (exact) mass is 589 g/mol. The first-order chi connectivity index (χ1) is 20.1. The summed E-state index contributed by atoms with van der Waals surface area (Å²) in [6.07, 6.45) is 8.61. The molecule has 0 saturated heterocycles. The zero-order valence-corrected chi connectivity index (χ0v) is 27.4. The second-order valence-corrected chi connectivity index (χ2v) is 13.7. The fourth-order valence-electron chi connectivity index (χ4n) is 7.07. The molecular weight excluding hydrogens is 530 g/mol. The van der Waals surface area contributed by atoms with Crippen LogP contribution in [0.3, 0.4) is 0 Å². The number of ether oxygens (including phenoxy) is 4. The molecular formula is C35H59NO6. The molecule has 2 aliphatic rings. The highest BCUT2D eigenvalue weighted by molar-refractivity contribution is 5.90. The SMILES string of the molecule is COCCCOc1cc(C[C@@H](C[C@H](N)[C@@H](O)C[C@H](C(=O)C2(C3CCC(OC)CC3)CC2)C(C)C)C(C)C)ccc1OC. The van der Waals surface area contributed by atoms with E-state index in [9.17, 15) is 9.90 Å². The number of methoxy groups -OCH3 is 3. The fourth-order valence-corrected chi connectivity index (χ4v) is 7.07. The van der Waals surface area contributed by atoms with Crippen LogP contribution in [0.15, 0.2) is 18.2 Å². The van der Waals surface area contributed by atoms with Gasteiger partial charge in [-0.15, -0.1) is 0 Å². The molecule has 0 unspecified atom stereocenters. The lowest BCUT2D eigenvalue weighted by molar-refractivity contribution is -0.134. The lowest BCUT2D eigenvalue weighted by atomic mass is 9.69. The number of nitrogens with two attached hydrogens (primary N) is 1. The van der Waals surface area contributed by atoms with Gasteiger partial charge in [-0.1, -0.05) is 33.8 Å². The minimum atomic E-state index is -0.710. The zero-order chi connectivity index (χ0) is 30.9. The van der Waals surface area contributed by atoms with E-state index in [4.69, 9.17) is 24.7 Å². The molecule has 3 rings (SSSR count). The Hall–Kier alpha value is -1.67. The summed E-state index contributed by atoms with van der Waals surface area (Å²) in [6.45, 7) is 9.87. The number of aliphatic hydroxyl groups is 1. The van der Waals surface area contributed by atoms with Crippen molar-refractivity contribution in [2.45, 2.75) is 110 Å². The highest BCUT2D eigenvalue weighted by atomic mass is 16.5. The van der Waals surface area contributed by atoms with Crippen LogP contribution >= 0.6 is 0 Å². The lowest BCUT2D eigenvalue weighted by Crippen LogP contribution is -2.43. The Labute approximate surface area is 255 Å². The van der Waals surface area contributed by atoms with E-state index in [1.807, 2.05) is 6.07 Å². The van der Waals surface area contributed by atoms with Crippen molar-refractivity contribution in [3.63, 3.8) is 0 Å². The zero-order valence-electron chi connectivity index (χ0n) is 27.4. The Balaban J connectivity index is 1.62. The maximum atomic E-state index is 14.0. The van der Waals surface area contributed by atoms with E-state index in [0.29, 0.717) is 55.5 Å². The number of benzene rings is 1. The van der Waals surface area contributed by atoms with Gasteiger partial charge in [0.05, 0.1) is 25.9 Å². The van der Waals surface area contributed by atoms with E-state index in [2.05, 4.69) is 39.8 Å². The molecule has 42 heavy (non-hydrogen) atoms. The van der Waals surface area contributed by atoms with Crippen molar-refractivity contribution in [2.24, 2.45) is 40.7 Å². The minimum Gasteiger partial charge on any atom is -0.493 e. The maximum absolute atomic E-state index is 14.0. The molecule has 2 saturated carbocycles. The predicted octanol–water partition coefficient (Wildman–Crippen LogP) is 6.22. The standard InChI is InChI=1S/C35H59NO6/c1-23(2)26(19-25-9-14-32(41-7)33(20-25)42-18-8-17-39-5)21-30(36)31(37)22-29(24(3)4)34(38)35(15-16-35)27-10-12-28(40-6)13-11-27/h9,14,20,23-24,26-31,37H,8,10-13,15-19,21-22,36H2,1-7H3/t26-,27?,28?,29-,30-,31-/m0/s1. The third-order valence-corrected chi connectivity index (χ3v) is 10.2. The number of carbonyl (C=O) groups excluding carboxylic acids is 1. The maximum Gasteiger partial charge on any atom is 0.161 e. The quantitative estimate of drug-likeness (QED) is 0.185. The van der Waals surface area contributed by atoms with E-state index >= 15 is 0 Å². The summed E-state index contributed by atoms with van der Waals surface area (Å²) >= 11 is 0. The molecule has 7 nitrogen and oxygen atoms in total. The van der Waals surface area contributed by atoms with Gasteiger partial charge in [0.1, 0.15) is 5.78 Å². The first-order valence-electron chi connectivity index (χ1n) is 16.4. The van der Waals surface area contributed by atoms with Crippen molar-refractivity contribution in [3.05, 3.63) is 23.8 Å². The third kappa shape index (κ3) is 9.17. The van der Waals surface area contributed by atoms with E-state index < -0.39 is 6.10 Å². The van der Waals surface area contributed by atoms with Crippen molar-refractivity contribution >= 4 is 5.78 Å². The molecule has 0 radical (unpaired) electrons. The van der Waals surface area contributed by atoms with Gasteiger partial charge in [-0.25, -0.2) is 0 Å². The number of aliphatic hydroxyl groups excluding tert-OH is 1. The van der Waals surface area contributed by atoms with Gasteiger partial charge in [0, 0.05) is 44.6 Å². The highest BCUT2D eigenvalue weighted by Crippen LogP contribution is 2.59. The number of carbonyl (C=O) groups is 1. The molecule has 4 atom stereocenters. The highest BCUT2D eigenvalue weighted by Gasteiger charge is 2.57. The van der Waals surface area contributed by atoms with Crippen LogP contribution in [0.5, 0.6) is 11.5 Å². The van der Waals surface area contributed by atoms with E-state index in [-0.39, 0.29) is 29.2 Å².